The Kier molecular flexibility index (Phi) is 4.29. The number of benzene rings is 1. The molecule has 76 valence electrons. The highest BCUT2D eigenvalue weighted by Crippen LogP contribution is 2.19. The summed E-state index contributed by atoms with van der Waals surface area (Å²) in [4.78, 5) is 11.3. The molecule has 0 heterocycles. The Labute approximate surface area is 94.1 Å². The molecular weight excluding hydrogens is 218 g/mol. The van der Waals surface area contributed by atoms with Crippen LogP contribution in [0.5, 0.6) is 0 Å². The molecule has 0 aromatic heterocycles. The number of halogens is 1. The minimum Gasteiger partial charge on any atom is -0.326 e. The summed E-state index contributed by atoms with van der Waals surface area (Å²) in [6.07, 6.45) is 0.422. The van der Waals surface area contributed by atoms with Crippen molar-refractivity contribution in [3.05, 3.63) is 28.8 Å². The average molecular weight is 230 g/mol. The van der Waals surface area contributed by atoms with Crippen LogP contribution >= 0.6 is 24.2 Å². The standard InChI is InChI=1S/C10H12ClNOS/c1-7-6-8(11)2-3-9(7)12-10(13)4-5-14/h2-3,6,14H,4-5H2,1H3,(H,12,13). The Morgan fingerprint density at radius 2 is 2.29 bits per heavy atom. The molecule has 1 aromatic rings. The SMILES string of the molecule is Cc1cc(Cl)ccc1NC(=O)CCS. The van der Waals surface area contributed by atoms with E-state index in [4.69, 9.17) is 11.6 Å². The first-order chi connectivity index (χ1) is 6.63. The Balaban J connectivity index is 2.72. The molecule has 0 saturated carbocycles. The van der Waals surface area contributed by atoms with Crippen molar-refractivity contribution in [3.63, 3.8) is 0 Å². The van der Waals surface area contributed by atoms with Gasteiger partial charge < -0.3 is 5.32 Å². The predicted octanol–water partition coefficient (Wildman–Crippen LogP) is 2.91. The predicted molar refractivity (Wildman–Crippen MR) is 63.3 cm³/mol. The van der Waals surface area contributed by atoms with E-state index >= 15 is 0 Å². The molecule has 0 unspecified atom stereocenters. The summed E-state index contributed by atoms with van der Waals surface area (Å²) in [5.41, 5.74) is 1.77. The molecule has 4 heteroatoms. The van der Waals surface area contributed by atoms with E-state index < -0.39 is 0 Å². The van der Waals surface area contributed by atoms with Crippen LogP contribution in [-0.2, 0) is 4.79 Å². The van der Waals surface area contributed by atoms with Gasteiger partial charge in [-0.1, -0.05) is 11.6 Å². The summed E-state index contributed by atoms with van der Waals surface area (Å²) in [5, 5.41) is 3.47. The van der Waals surface area contributed by atoms with Crippen LogP contribution < -0.4 is 5.32 Å². The van der Waals surface area contributed by atoms with Crippen LogP contribution in [0, 0.1) is 6.92 Å². The minimum atomic E-state index is -0.0228. The number of nitrogens with one attached hydrogen (secondary N) is 1. The largest absolute Gasteiger partial charge is 0.326 e. The molecule has 0 aliphatic rings. The fraction of sp³-hybridized carbons (Fsp3) is 0.300. The van der Waals surface area contributed by atoms with Gasteiger partial charge in [0.25, 0.3) is 0 Å². The van der Waals surface area contributed by atoms with Gasteiger partial charge in [-0.3, -0.25) is 4.79 Å². The molecule has 0 bridgehead atoms. The molecule has 1 amide bonds. The number of hydrogen-bond donors (Lipinski definition) is 2. The number of amides is 1. The van der Waals surface area contributed by atoms with Crippen molar-refractivity contribution in [1.82, 2.24) is 0 Å². The van der Waals surface area contributed by atoms with E-state index in [0.29, 0.717) is 17.2 Å². The molecule has 1 aromatic carbocycles. The molecule has 0 radical (unpaired) electrons. The summed E-state index contributed by atoms with van der Waals surface area (Å²) in [5.74, 6) is 0.531. The lowest BCUT2D eigenvalue weighted by Crippen LogP contribution is -2.12. The molecule has 14 heavy (non-hydrogen) atoms. The van der Waals surface area contributed by atoms with E-state index in [1.54, 1.807) is 12.1 Å². The number of anilines is 1. The van der Waals surface area contributed by atoms with Crippen molar-refractivity contribution >= 4 is 35.8 Å². The van der Waals surface area contributed by atoms with E-state index in [1.165, 1.54) is 0 Å². The van der Waals surface area contributed by atoms with Gasteiger partial charge in [-0.15, -0.1) is 0 Å². The number of aryl methyl sites for hydroxylation is 1. The van der Waals surface area contributed by atoms with Gasteiger partial charge in [-0.2, -0.15) is 12.6 Å². The van der Waals surface area contributed by atoms with Crippen LogP contribution in [0.15, 0.2) is 18.2 Å². The smallest absolute Gasteiger partial charge is 0.225 e. The van der Waals surface area contributed by atoms with Gasteiger partial charge in [-0.25, -0.2) is 0 Å². The molecule has 0 saturated heterocycles. The van der Waals surface area contributed by atoms with Crippen LogP contribution in [0.1, 0.15) is 12.0 Å². The number of hydrogen-bond acceptors (Lipinski definition) is 2. The van der Waals surface area contributed by atoms with Crippen molar-refractivity contribution in [2.24, 2.45) is 0 Å². The summed E-state index contributed by atoms with van der Waals surface area (Å²) >= 11 is 9.78. The maximum atomic E-state index is 11.3. The highest BCUT2D eigenvalue weighted by atomic mass is 35.5. The molecule has 0 fully saturated rings. The first-order valence-corrected chi connectivity index (χ1v) is 5.31. The van der Waals surface area contributed by atoms with Crippen LogP contribution in [0.4, 0.5) is 5.69 Å². The third-order valence-corrected chi connectivity index (χ3v) is 2.26. The summed E-state index contributed by atoms with van der Waals surface area (Å²) < 4.78 is 0. The first kappa shape index (κ1) is 11.4. The quantitative estimate of drug-likeness (QED) is 0.767. The lowest BCUT2D eigenvalue weighted by atomic mass is 10.2. The second-order valence-corrected chi connectivity index (χ2v) is 3.86. The van der Waals surface area contributed by atoms with Crippen molar-refractivity contribution in [3.8, 4) is 0 Å². The average Bonchev–Trinajstić information content (AvgIpc) is 2.10. The number of carbonyl (C=O) groups excluding carboxylic acids is 1. The number of rotatable bonds is 3. The van der Waals surface area contributed by atoms with Crippen molar-refractivity contribution in [1.29, 1.82) is 0 Å². The Morgan fingerprint density at radius 3 is 2.86 bits per heavy atom. The highest BCUT2D eigenvalue weighted by Gasteiger charge is 2.03. The molecular formula is C10H12ClNOS. The fourth-order valence-electron chi connectivity index (χ4n) is 1.08. The zero-order valence-corrected chi connectivity index (χ0v) is 9.53. The third-order valence-electron chi connectivity index (χ3n) is 1.80. The maximum Gasteiger partial charge on any atom is 0.225 e. The Hall–Kier alpha value is -0.670. The zero-order valence-electron chi connectivity index (χ0n) is 7.88. The van der Waals surface area contributed by atoms with Crippen LogP contribution in [-0.4, -0.2) is 11.7 Å². The van der Waals surface area contributed by atoms with Gasteiger partial charge in [0, 0.05) is 17.1 Å². The zero-order chi connectivity index (χ0) is 10.6. The van der Waals surface area contributed by atoms with Gasteiger partial charge in [0.15, 0.2) is 0 Å². The summed E-state index contributed by atoms with van der Waals surface area (Å²) in [6, 6.07) is 5.37. The first-order valence-electron chi connectivity index (χ1n) is 4.30. The molecule has 0 aliphatic carbocycles. The van der Waals surface area contributed by atoms with Crippen molar-refractivity contribution in [2.75, 3.05) is 11.1 Å². The van der Waals surface area contributed by atoms with E-state index in [1.807, 2.05) is 13.0 Å². The third kappa shape index (κ3) is 3.24. The second-order valence-electron chi connectivity index (χ2n) is 2.98. The van der Waals surface area contributed by atoms with Crippen molar-refractivity contribution < 1.29 is 4.79 Å². The van der Waals surface area contributed by atoms with Crippen LogP contribution in [0.2, 0.25) is 5.02 Å². The molecule has 0 aliphatic heterocycles. The van der Waals surface area contributed by atoms with Gasteiger partial charge >= 0.3 is 0 Å². The van der Waals surface area contributed by atoms with Gasteiger partial charge in [-0.05, 0) is 36.4 Å². The van der Waals surface area contributed by atoms with E-state index in [2.05, 4.69) is 17.9 Å². The van der Waals surface area contributed by atoms with Crippen LogP contribution in [0.3, 0.4) is 0 Å². The Bertz CT molecular complexity index is 341. The van der Waals surface area contributed by atoms with E-state index in [0.717, 1.165) is 11.3 Å². The normalized spacial score (nSPS) is 9.93. The molecule has 0 spiro atoms. The van der Waals surface area contributed by atoms with Gasteiger partial charge in [0.2, 0.25) is 5.91 Å². The maximum absolute atomic E-state index is 11.3. The lowest BCUT2D eigenvalue weighted by molar-refractivity contribution is -0.115. The molecule has 1 rings (SSSR count). The molecule has 0 atom stereocenters. The Morgan fingerprint density at radius 1 is 1.57 bits per heavy atom. The minimum absolute atomic E-state index is 0.0228. The summed E-state index contributed by atoms with van der Waals surface area (Å²) in [7, 11) is 0. The number of carbonyl (C=O) groups is 1. The topological polar surface area (TPSA) is 29.1 Å². The number of thiol groups is 1. The second kappa shape index (κ2) is 5.27. The fourth-order valence-corrected chi connectivity index (χ4v) is 1.51. The molecule has 2 nitrogen and oxygen atoms in total. The monoisotopic (exact) mass is 229 g/mol. The van der Waals surface area contributed by atoms with E-state index in [9.17, 15) is 4.79 Å². The highest BCUT2D eigenvalue weighted by molar-refractivity contribution is 7.80. The molecule has 1 N–H and O–H groups in total. The van der Waals surface area contributed by atoms with Gasteiger partial charge in [0.05, 0.1) is 0 Å². The summed E-state index contributed by atoms with van der Waals surface area (Å²) in [6.45, 7) is 1.90. The van der Waals surface area contributed by atoms with Crippen LogP contribution in [0.25, 0.3) is 0 Å². The lowest BCUT2D eigenvalue weighted by Gasteiger charge is -2.07. The van der Waals surface area contributed by atoms with Crippen molar-refractivity contribution in [2.45, 2.75) is 13.3 Å². The van der Waals surface area contributed by atoms with Gasteiger partial charge in [0.1, 0.15) is 0 Å². The van der Waals surface area contributed by atoms with E-state index in [-0.39, 0.29) is 5.91 Å².